The van der Waals surface area contributed by atoms with Crippen LogP contribution in [0.5, 0.6) is 5.75 Å². The fourth-order valence-corrected chi connectivity index (χ4v) is 2.91. The summed E-state index contributed by atoms with van der Waals surface area (Å²) < 4.78 is 23.9. The van der Waals surface area contributed by atoms with E-state index in [4.69, 9.17) is 9.15 Å². The fraction of sp³-hybridized carbons (Fsp3) is 0.211. The van der Waals surface area contributed by atoms with Crippen LogP contribution < -0.4 is 10.1 Å². The van der Waals surface area contributed by atoms with Crippen molar-refractivity contribution < 1.29 is 18.3 Å². The highest BCUT2D eigenvalue weighted by Crippen LogP contribution is 2.24. The zero-order valence-corrected chi connectivity index (χ0v) is 15.7. The van der Waals surface area contributed by atoms with Crippen LogP contribution in [0.3, 0.4) is 0 Å². The molecule has 0 radical (unpaired) electrons. The monoisotopic (exact) mass is 387 g/mol. The van der Waals surface area contributed by atoms with Gasteiger partial charge in [0.15, 0.2) is 0 Å². The van der Waals surface area contributed by atoms with Crippen LogP contribution in [0.15, 0.2) is 52.1 Å². The molecule has 1 N–H and O–H groups in total. The van der Waals surface area contributed by atoms with Crippen LogP contribution in [0, 0.1) is 12.7 Å². The summed E-state index contributed by atoms with van der Waals surface area (Å²) in [7, 11) is 1.60. The molecule has 3 rings (SSSR count). The number of hydrogen-bond acceptors (Lipinski definition) is 6. The maximum atomic E-state index is 13.2. The molecule has 1 aromatic heterocycles. The number of halogens is 1. The zero-order valence-electron chi connectivity index (χ0n) is 14.9. The maximum absolute atomic E-state index is 13.2. The lowest BCUT2D eigenvalue weighted by Crippen LogP contribution is -2.24. The predicted octanol–water partition coefficient (Wildman–Crippen LogP) is 3.60. The third kappa shape index (κ3) is 5.07. The highest BCUT2D eigenvalue weighted by Gasteiger charge is 2.11. The SMILES string of the molecule is COc1ccc(-c2nnc(SCC(=O)NCc3ccc(F)c(C)c3)o2)cc1. The molecule has 0 spiro atoms. The van der Waals surface area contributed by atoms with Crippen molar-refractivity contribution in [2.45, 2.75) is 18.7 Å². The largest absolute Gasteiger partial charge is 0.497 e. The lowest BCUT2D eigenvalue weighted by atomic mass is 10.1. The Labute approximate surface area is 160 Å². The van der Waals surface area contributed by atoms with E-state index in [1.165, 1.54) is 6.07 Å². The molecule has 0 saturated carbocycles. The van der Waals surface area contributed by atoms with Gasteiger partial charge in [-0.05, 0) is 48.4 Å². The minimum atomic E-state index is -0.260. The Bertz CT molecular complexity index is 928. The number of benzene rings is 2. The van der Waals surface area contributed by atoms with E-state index >= 15 is 0 Å². The number of rotatable bonds is 7. The molecule has 6 nitrogen and oxygen atoms in total. The minimum absolute atomic E-state index is 0.143. The lowest BCUT2D eigenvalue weighted by Gasteiger charge is -2.05. The number of nitrogens with one attached hydrogen (secondary N) is 1. The summed E-state index contributed by atoms with van der Waals surface area (Å²) in [5, 5.41) is 11.0. The fourth-order valence-electron chi connectivity index (χ4n) is 2.31. The summed E-state index contributed by atoms with van der Waals surface area (Å²) in [6, 6.07) is 12.0. The summed E-state index contributed by atoms with van der Waals surface area (Å²) in [5.41, 5.74) is 2.16. The lowest BCUT2D eigenvalue weighted by molar-refractivity contribution is -0.118. The molecule has 2 aromatic carbocycles. The molecular weight excluding hydrogens is 369 g/mol. The van der Waals surface area contributed by atoms with E-state index in [0.29, 0.717) is 23.2 Å². The zero-order chi connectivity index (χ0) is 19.2. The Morgan fingerprint density at radius 1 is 1.22 bits per heavy atom. The van der Waals surface area contributed by atoms with Crippen molar-refractivity contribution in [1.82, 2.24) is 15.5 Å². The molecule has 0 saturated heterocycles. The average molecular weight is 387 g/mol. The Morgan fingerprint density at radius 3 is 2.70 bits per heavy atom. The number of aryl methyl sites for hydroxylation is 1. The van der Waals surface area contributed by atoms with E-state index in [1.807, 2.05) is 12.1 Å². The minimum Gasteiger partial charge on any atom is -0.497 e. The first-order valence-electron chi connectivity index (χ1n) is 8.17. The Kier molecular flexibility index (Phi) is 6.08. The molecule has 0 fully saturated rings. The third-order valence-corrected chi connectivity index (χ3v) is 4.60. The molecule has 8 heteroatoms. The molecule has 0 aliphatic carbocycles. The molecule has 0 unspecified atom stereocenters. The van der Waals surface area contributed by atoms with Gasteiger partial charge in [-0.25, -0.2) is 4.39 Å². The standard InChI is InChI=1S/C19H18FN3O3S/c1-12-9-13(3-8-16(12)20)10-21-17(24)11-27-19-23-22-18(26-19)14-4-6-15(25-2)7-5-14/h3-9H,10-11H2,1-2H3,(H,21,24). The number of carbonyl (C=O) groups excluding carboxylic acids is 1. The van der Waals surface area contributed by atoms with Gasteiger partial charge in [-0.3, -0.25) is 4.79 Å². The second-order valence-electron chi connectivity index (χ2n) is 5.75. The average Bonchev–Trinajstić information content (AvgIpc) is 3.16. The van der Waals surface area contributed by atoms with Crippen LogP contribution in [-0.4, -0.2) is 29.0 Å². The van der Waals surface area contributed by atoms with Crippen LogP contribution in [0.2, 0.25) is 0 Å². The molecule has 140 valence electrons. The second kappa shape index (κ2) is 8.68. The first-order chi connectivity index (χ1) is 13.0. The summed E-state index contributed by atoms with van der Waals surface area (Å²) in [6.45, 7) is 2.02. The highest BCUT2D eigenvalue weighted by atomic mass is 32.2. The summed E-state index contributed by atoms with van der Waals surface area (Å²) >= 11 is 1.16. The van der Waals surface area contributed by atoms with Crippen molar-refractivity contribution in [2.75, 3.05) is 12.9 Å². The van der Waals surface area contributed by atoms with Crippen molar-refractivity contribution in [3.63, 3.8) is 0 Å². The van der Waals surface area contributed by atoms with Crippen LogP contribution in [0.4, 0.5) is 4.39 Å². The van der Waals surface area contributed by atoms with Crippen LogP contribution >= 0.6 is 11.8 Å². The van der Waals surface area contributed by atoms with Crippen LogP contribution in [0.25, 0.3) is 11.5 Å². The Hall–Kier alpha value is -2.87. The van der Waals surface area contributed by atoms with E-state index in [-0.39, 0.29) is 17.5 Å². The van der Waals surface area contributed by atoms with Crippen molar-refractivity contribution in [2.24, 2.45) is 0 Å². The predicted molar refractivity (Wildman–Crippen MR) is 100.0 cm³/mol. The van der Waals surface area contributed by atoms with Gasteiger partial charge in [0.1, 0.15) is 11.6 Å². The van der Waals surface area contributed by atoms with E-state index in [2.05, 4.69) is 15.5 Å². The summed E-state index contributed by atoms with van der Waals surface area (Å²) in [6.07, 6.45) is 0. The first-order valence-corrected chi connectivity index (χ1v) is 9.16. The second-order valence-corrected chi connectivity index (χ2v) is 6.68. The molecule has 0 aliphatic heterocycles. The topological polar surface area (TPSA) is 77.2 Å². The smallest absolute Gasteiger partial charge is 0.277 e. The molecule has 1 heterocycles. The quantitative estimate of drug-likeness (QED) is 0.624. The van der Waals surface area contributed by atoms with Gasteiger partial charge in [0, 0.05) is 12.1 Å². The summed E-state index contributed by atoms with van der Waals surface area (Å²) in [4.78, 5) is 12.0. The van der Waals surface area contributed by atoms with E-state index in [1.54, 1.807) is 38.3 Å². The molecule has 27 heavy (non-hydrogen) atoms. The van der Waals surface area contributed by atoms with Crippen LogP contribution in [0.1, 0.15) is 11.1 Å². The van der Waals surface area contributed by atoms with Crippen molar-refractivity contribution in [1.29, 1.82) is 0 Å². The molecule has 0 atom stereocenters. The van der Waals surface area contributed by atoms with Gasteiger partial charge in [0.2, 0.25) is 11.8 Å². The number of nitrogens with zero attached hydrogens (tertiary/aromatic N) is 2. The van der Waals surface area contributed by atoms with E-state index in [9.17, 15) is 9.18 Å². The van der Waals surface area contributed by atoms with Gasteiger partial charge in [0.05, 0.1) is 12.9 Å². The number of methoxy groups -OCH3 is 1. The van der Waals surface area contributed by atoms with Gasteiger partial charge < -0.3 is 14.5 Å². The summed E-state index contributed by atoms with van der Waals surface area (Å²) in [5.74, 6) is 0.823. The number of carbonyl (C=O) groups is 1. The van der Waals surface area contributed by atoms with Crippen LogP contribution in [-0.2, 0) is 11.3 Å². The van der Waals surface area contributed by atoms with Crippen molar-refractivity contribution in [3.8, 4) is 17.2 Å². The number of thioether (sulfide) groups is 1. The molecule has 0 bridgehead atoms. The van der Waals surface area contributed by atoms with Gasteiger partial charge >= 0.3 is 0 Å². The number of hydrogen-bond donors (Lipinski definition) is 1. The Morgan fingerprint density at radius 2 is 2.00 bits per heavy atom. The highest BCUT2D eigenvalue weighted by molar-refractivity contribution is 7.99. The van der Waals surface area contributed by atoms with Gasteiger partial charge in [-0.1, -0.05) is 23.9 Å². The normalized spacial score (nSPS) is 10.6. The van der Waals surface area contributed by atoms with Gasteiger partial charge in [-0.15, -0.1) is 10.2 Å². The molecular formula is C19H18FN3O3S. The number of ether oxygens (including phenoxy) is 1. The van der Waals surface area contributed by atoms with Gasteiger partial charge in [0.25, 0.3) is 5.22 Å². The first kappa shape index (κ1) is 18.9. The molecule has 3 aromatic rings. The molecule has 1 amide bonds. The third-order valence-electron chi connectivity index (χ3n) is 3.78. The van der Waals surface area contributed by atoms with E-state index in [0.717, 1.165) is 28.6 Å². The number of amides is 1. The molecule has 0 aliphatic rings. The van der Waals surface area contributed by atoms with E-state index < -0.39 is 0 Å². The van der Waals surface area contributed by atoms with Crippen molar-refractivity contribution >= 4 is 17.7 Å². The van der Waals surface area contributed by atoms with Crippen molar-refractivity contribution in [3.05, 3.63) is 59.4 Å². The Balaban J connectivity index is 1.50. The maximum Gasteiger partial charge on any atom is 0.277 e. The number of aromatic nitrogens is 2. The van der Waals surface area contributed by atoms with Gasteiger partial charge in [-0.2, -0.15) is 0 Å².